The number of nitrogens with one attached hydrogen (secondary N) is 1. The number of hydrogen-bond acceptors (Lipinski definition) is 3. The highest BCUT2D eigenvalue weighted by Crippen LogP contribution is 2.20. The Morgan fingerprint density at radius 3 is 2.33 bits per heavy atom. The number of nitrogens with zero attached hydrogens (tertiary/aromatic N) is 2. The Balaban J connectivity index is 1.64. The van der Waals surface area contributed by atoms with Crippen LogP contribution in [0.4, 0.5) is 11.4 Å². The minimum atomic E-state index is -0.169. The fourth-order valence-electron chi connectivity index (χ4n) is 3.01. The molecule has 0 aliphatic carbocycles. The zero-order chi connectivity index (χ0) is 16.9. The molecule has 0 radical (unpaired) electrons. The highest BCUT2D eigenvalue weighted by atomic mass is 16.1. The predicted molar refractivity (Wildman–Crippen MR) is 98.8 cm³/mol. The van der Waals surface area contributed by atoms with Gasteiger partial charge in [0.05, 0.1) is 11.9 Å². The summed E-state index contributed by atoms with van der Waals surface area (Å²) < 4.78 is 0. The van der Waals surface area contributed by atoms with Gasteiger partial charge in [-0.1, -0.05) is 26.0 Å². The maximum absolute atomic E-state index is 12.3. The molecule has 2 heterocycles. The van der Waals surface area contributed by atoms with E-state index in [1.807, 2.05) is 42.6 Å². The van der Waals surface area contributed by atoms with Gasteiger partial charge in [0, 0.05) is 18.8 Å². The zero-order valence-electron chi connectivity index (χ0n) is 14.5. The Kier molecular flexibility index (Phi) is 5.14. The number of aromatic nitrogens is 1. The molecule has 1 amide bonds. The highest BCUT2D eigenvalue weighted by Gasteiger charge is 2.13. The van der Waals surface area contributed by atoms with Crippen LogP contribution in [-0.2, 0) is 0 Å². The largest absolute Gasteiger partial charge is 0.370 e. The van der Waals surface area contributed by atoms with Crippen LogP contribution >= 0.6 is 0 Å². The molecule has 1 saturated heterocycles. The maximum Gasteiger partial charge on any atom is 0.274 e. The normalized spacial score (nSPS) is 14.7. The van der Waals surface area contributed by atoms with Crippen molar-refractivity contribution in [1.82, 2.24) is 4.98 Å². The molecule has 126 valence electrons. The van der Waals surface area contributed by atoms with Crippen LogP contribution in [0, 0.1) is 0 Å². The van der Waals surface area contributed by atoms with Crippen LogP contribution in [0.25, 0.3) is 0 Å². The van der Waals surface area contributed by atoms with Crippen LogP contribution in [0.1, 0.15) is 55.1 Å². The Labute approximate surface area is 143 Å². The first-order valence-corrected chi connectivity index (χ1v) is 8.76. The minimum Gasteiger partial charge on any atom is -0.370 e. The third kappa shape index (κ3) is 3.94. The molecule has 4 nitrogen and oxygen atoms in total. The first-order valence-electron chi connectivity index (χ1n) is 8.76. The quantitative estimate of drug-likeness (QED) is 0.904. The third-order valence-electron chi connectivity index (χ3n) is 4.54. The van der Waals surface area contributed by atoms with Gasteiger partial charge in [0.15, 0.2) is 0 Å². The lowest BCUT2D eigenvalue weighted by atomic mass is 10.0. The SMILES string of the molecule is CC(C)c1ccc(NC(=O)c2ccc(N3CCCCC3)cn2)cc1. The molecule has 1 aromatic carbocycles. The Morgan fingerprint density at radius 1 is 1.04 bits per heavy atom. The summed E-state index contributed by atoms with van der Waals surface area (Å²) in [6.45, 7) is 6.47. The van der Waals surface area contributed by atoms with E-state index in [1.165, 1.54) is 24.8 Å². The lowest BCUT2D eigenvalue weighted by Gasteiger charge is -2.28. The van der Waals surface area contributed by atoms with Crippen LogP contribution in [-0.4, -0.2) is 24.0 Å². The van der Waals surface area contributed by atoms with Gasteiger partial charge in [-0.3, -0.25) is 4.79 Å². The number of benzene rings is 1. The Bertz CT molecular complexity index is 671. The lowest BCUT2D eigenvalue weighted by Crippen LogP contribution is -2.29. The number of pyridine rings is 1. The molecule has 0 spiro atoms. The van der Waals surface area contributed by atoms with E-state index in [0.29, 0.717) is 11.6 Å². The average Bonchev–Trinajstić information content (AvgIpc) is 2.63. The van der Waals surface area contributed by atoms with Crippen LogP contribution in [0.5, 0.6) is 0 Å². The van der Waals surface area contributed by atoms with Crippen molar-refractivity contribution in [3.63, 3.8) is 0 Å². The Hall–Kier alpha value is -2.36. The van der Waals surface area contributed by atoms with E-state index in [2.05, 4.69) is 29.0 Å². The smallest absolute Gasteiger partial charge is 0.274 e. The summed E-state index contributed by atoms with van der Waals surface area (Å²) in [4.78, 5) is 19.0. The molecule has 1 N–H and O–H groups in total. The molecule has 0 saturated carbocycles. The first kappa shape index (κ1) is 16.5. The van der Waals surface area contributed by atoms with E-state index in [4.69, 9.17) is 0 Å². The van der Waals surface area contributed by atoms with Gasteiger partial charge in [-0.2, -0.15) is 0 Å². The lowest BCUT2D eigenvalue weighted by molar-refractivity contribution is 0.102. The van der Waals surface area contributed by atoms with Crippen LogP contribution in [0.15, 0.2) is 42.6 Å². The van der Waals surface area contributed by atoms with Gasteiger partial charge in [-0.15, -0.1) is 0 Å². The summed E-state index contributed by atoms with van der Waals surface area (Å²) in [5.41, 5.74) is 3.61. The Morgan fingerprint density at radius 2 is 1.75 bits per heavy atom. The summed E-state index contributed by atoms with van der Waals surface area (Å²) in [6, 6.07) is 11.8. The molecule has 24 heavy (non-hydrogen) atoms. The number of hydrogen-bond donors (Lipinski definition) is 1. The van der Waals surface area contributed by atoms with E-state index in [1.54, 1.807) is 0 Å². The van der Waals surface area contributed by atoms with Crippen LogP contribution < -0.4 is 10.2 Å². The summed E-state index contributed by atoms with van der Waals surface area (Å²) in [7, 11) is 0. The van der Waals surface area contributed by atoms with E-state index in [-0.39, 0.29) is 5.91 Å². The van der Waals surface area contributed by atoms with Gasteiger partial charge in [-0.05, 0) is 55.0 Å². The number of anilines is 2. The molecule has 3 rings (SSSR count). The molecule has 0 bridgehead atoms. The van der Waals surface area contributed by atoms with Crippen LogP contribution in [0.2, 0.25) is 0 Å². The fraction of sp³-hybridized carbons (Fsp3) is 0.400. The average molecular weight is 323 g/mol. The van der Waals surface area contributed by atoms with Crippen molar-refractivity contribution in [2.45, 2.75) is 39.0 Å². The topological polar surface area (TPSA) is 45.2 Å². The summed E-state index contributed by atoms with van der Waals surface area (Å²) in [5.74, 6) is 0.316. The first-order chi connectivity index (χ1) is 11.6. The second-order valence-corrected chi connectivity index (χ2v) is 6.68. The van der Waals surface area contributed by atoms with Crippen molar-refractivity contribution >= 4 is 17.3 Å². The monoisotopic (exact) mass is 323 g/mol. The van der Waals surface area contributed by atoms with E-state index in [0.717, 1.165) is 24.5 Å². The van der Waals surface area contributed by atoms with Crippen molar-refractivity contribution in [2.24, 2.45) is 0 Å². The number of carbonyl (C=O) groups excluding carboxylic acids is 1. The van der Waals surface area contributed by atoms with Crippen molar-refractivity contribution in [1.29, 1.82) is 0 Å². The van der Waals surface area contributed by atoms with Gasteiger partial charge in [0.1, 0.15) is 5.69 Å². The number of piperidine rings is 1. The maximum atomic E-state index is 12.3. The van der Waals surface area contributed by atoms with Gasteiger partial charge in [0.2, 0.25) is 0 Å². The van der Waals surface area contributed by atoms with Crippen LogP contribution in [0.3, 0.4) is 0 Å². The number of rotatable bonds is 4. The second-order valence-electron chi connectivity index (χ2n) is 6.68. The molecule has 0 atom stereocenters. The van der Waals surface area contributed by atoms with Gasteiger partial charge in [0.25, 0.3) is 5.91 Å². The number of amides is 1. The highest BCUT2D eigenvalue weighted by molar-refractivity contribution is 6.02. The molecular weight excluding hydrogens is 298 g/mol. The van der Waals surface area contributed by atoms with Crippen molar-refractivity contribution in [2.75, 3.05) is 23.3 Å². The molecule has 4 heteroatoms. The van der Waals surface area contributed by atoms with Gasteiger partial charge < -0.3 is 10.2 Å². The van der Waals surface area contributed by atoms with Crippen molar-refractivity contribution < 1.29 is 4.79 Å². The minimum absolute atomic E-state index is 0.169. The standard InChI is InChI=1S/C20H25N3O/c1-15(2)16-6-8-17(9-7-16)22-20(24)19-11-10-18(14-21-19)23-12-4-3-5-13-23/h6-11,14-15H,3-5,12-13H2,1-2H3,(H,22,24). The van der Waals surface area contributed by atoms with E-state index >= 15 is 0 Å². The van der Waals surface area contributed by atoms with E-state index < -0.39 is 0 Å². The summed E-state index contributed by atoms with van der Waals surface area (Å²) in [5, 5.41) is 2.91. The van der Waals surface area contributed by atoms with Gasteiger partial charge in [-0.25, -0.2) is 4.98 Å². The zero-order valence-corrected chi connectivity index (χ0v) is 14.5. The molecule has 1 aliphatic rings. The molecule has 1 aromatic heterocycles. The fourth-order valence-corrected chi connectivity index (χ4v) is 3.01. The van der Waals surface area contributed by atoms with E-state index in [9.17, 15) is 4.79 Å². The van der Waals surface area contributed by atoms with Crippen molar-refractivity contribution in [3.8, 4) is 0 Å². The molecule has 1 aliphatic heterocycles. The summed E-state index contributed by atoms with van der Waals surface area (Å²) >= 11 is 0. The van der Waals surface area contributed by atoms with Crippen molar-refractivity contribution in [3.05, 3.63) is 53.9 Å². The predicted octanol–water partition coefficient (Wildman–Crippen LogP) is 4.45. The third-order valence-corrected chi connectivity index (χ3v) is 4.54. The van der Waals surface area contributed by atoms with Gasteiger partial charge >= 0.3 is 0 Å². The molecule has 0 unspecified atom stereocenters. The molecule has 1 fully saturated rings. The summed E-state index contributed by atoms with van der Waals surface area (Å²) in [6.07, 6.45) is 5.57. The molecular formula is C20H25N3O. The second kappa shape index (κ2) is 7.47. The molecule has 2 aromatic rings. The number of carbonyl (C=O) groups is 1.